The Bertz CT molecular complexity index is 483. The van der Waals surface area contributed by atoms with Crippen molar-refractivity contribution < 1.29 is 17.7 Å². The molecule has 15 heavy (non-hydrogen) atoms. The first-order valence-corrected chi connectivity index (χ1v) is 5.20. The Labute approximate surface area is 86.3 Å². The molecule has 7 nitrogen and oxygen atoms in total. The molecule has 0 saturated heterocycles. The Kier molecular flexibility index (Phi) is 3.22. The molecule has 0 aliphatic carbocycles. The quantitative estimate of drug-likeness (QED) is 0.347. The van der Waals surface area contributed by atoms with Crippen LogP contribution >= 0.6 is 0 Å². The third-order valence-corrected chi connectivity index (χ3v) is 2.50. The molecule has 1 rings (SSSR count). The fraction of sp³-hybridized carbons (Fsp3) is 0.143. The highest BCUT2D eigenvalue weighted by atomic mass is 32.2. The molecule has 1 aromatic carbocycles. The maximum Gasteiger partial charge on any atom is 0.296 e. The van der Waals surface area contributed by atoms with E-state index in [4.69, 9.17) is 15.1 Å². The maximum atomic E-state index is 11.0. The average Bonchev–Trinajstić information content (AvgIpc) is 2.17. The molecule has 0 radical (unpaired) electrons. The van der Waals surface area contributed by atoms with Gasteiger partial charge in [-0.25, -0.2) is 0 Å². The highest BCUT2D eigenvalue weighted by molar-refractivity contribution is 7.86. The van der Waals surface area contributed by atoms with Gasteiger partial charge in [-0.2, -0.15) is 8.42 Å². The van der Waals surface area contributed by atoms with Crippen LogP contribution < -0.4 is 10.6 Å². The van der Waals surface area contributed by atoms with Gasteiger partial charge < -0.3 is 10.6 Å². The lowest BCUT2D eigenvalue weighted by atomic mass is 10.3. The smallest absolute Gasteiger partial charge is 0.296 e. The lowest BCUT2D eigenvalue weighted by Gasteiger charge is -2.06. The lowest BCUT2D eigenvalue weighted by molar-refractivity contribution is 0.413. The highest BCUT2D eigenvalue weighted by Gasteiger charge is 2.18. The highest BCUT2D eigenvalue weighted by Crippen LogP contribution is 2.34. The Morgan fingerprint density at radius 3 is 2.60 bits per heavy atom. The summed E-state index contributed by atoms with van der Waals surface area (Å²) in [6.07, 6.45) is 0. The summed E-state index contributed by atoms with van der Waals surface area (Å²) >= 11 is 0. The van der Waals surface area contributed by atoms with Crippen LogP contribution in [-0.4, -0.2) is 20.1 Å². The van der Waals surface area contributed by atoms with E-state index >= 15 is 0 Å². The van der Waals surface area contributed by atoms with Gasteiger partial charge in [0.15, 0.2) is 5.69 Å². The van der Waals surface area contributed by atoms with Gasteiger partial charge in [-0.1, -0.05) is 11.3 Å². The van der Waals surface area contributed by atoms with Crippen molar-refractivity contribution in [1.82, 2.24) is 0 Å². The third-order valence-electron chi connectivity index (χ3n) is 1.62. The summed E-state index contributed by atoms with van der Waals surface area (Å²) in [4.78, 5) is -0.406. The number of hydrogen-bond donors (Lipinski definition) is 2. The first-order valence-electron chi connectivity index (χ1n) is 3.76. The molecule has 0 atom stereocenters. The molecule has 1 aromatic rings. The summed E-state index contributed by atoms with van der Waals surface area (Å²) in [6, 6.07) is 4.04. The van der Waals surface area contributed by atoms with E-state index in [9.17, 15) is 8.42 Å². The summed E-state index contributed by atoms with van der Waals surface area (Å²) in [5.41, 5.74) is -0.134. The van der Waals surface area contributed by atoms with Crippen molar-refractivity contribution in [2.45, 2.75) is 4.90 Å². The van der Waals surface area contributed by atoms with Gasteiger partial charge in [0, 0.05) is 0 Å². The predicted octanol–water partition coefficient (Wildman–Crippen LogP) is 0.899. The van der Waals surface area contributed by atoms with Crippen molar-refractivity contribution in [2.75, 3.05) is 7.11 Å². The minimum absolute atomic E-state index is 0.134. The summed E-state index contributed by atoms with van der Waals surface area (Å²) in [5.74, 6) is 4.97. The molecular weight excluding hydrogens is 222 g/mol. The normalized spacial score (nSPS) is 11.9. The molecule has 0 amide bonds. The fourth-order valence-corrected chi connectivity index (χ4v) is 1.67. The van der Waals surface area contributed by atoms with Crippen LogP contribution in [0.3, 0.4) is 0 Å². The number of nitrogens with two attached hydrogens (primary N) is 1. The second-order valence-corrected chi connectivity index (χ2v) is 3.89. The van der Waals surface area contributed by atoms with E-state index in [2.05, 4.69) is 10.3 Å². The summed E-state index contributed by atoms with van der Waals surface area (Å²) in [5, 5.41) is 6.34. The van der Waals surface area contributed by atoms with Crippen molar-refractivity contribution in [1.29, 1.82) is 0 Å². The molecule has 0 spiro atoms. The molecule has 0 bridgehead atoms. The van der Waals surface area contributed by atoms with Crippen LogP contribution in [0.25, 0.3) is 0 Å². The van der Waals surface area contributed by atoms with Gasteiger partial charge in [-0.05, 0) is 12.1 Å². The molecule has 0 aliphatic rings. The standard InChI is InChI=1S/C7H9N3O4S/c1-14-5-3-2-4-6(15(11,12)13)7(5)9-10-8/h2-4H,1H3,(H2,8,9)(H,11,12,13). The third kappa shape index (κ3) is 2.42. The van der Waals surface area contributed by atoms with Crippen molar-refractivity contribution in [3.05, 3.63) is 18.2 Å². The molecular formula is C7H9N3O4S. The van der Waals surface area contributed by atoms with Crippen LogP contribution in [0, 0.1) is 0 Å². The maximum absolute atomic E-state index is 11.0. The average molecular weight is 231 g/mol. The van der Waals surface area contributed by atoms with Crippen LogP contribution in [0.5, 0.6) is 5.75 Å². The SMILES string of the molecule is COc1cccc(S(=O)(=O)O)c1N=NN. The van der Waals surface area contributed by atoms with E-state index in [0.29, 0.717) is 0 Å². The molecule has 0 fully saturated rings. The summed E-state index contributed by atoms with van der Waals surface area (Å²) in [7, 11) is -3.05. The zero-order valence-electron chi connectivity index (χ0n) is 7.78. The second kappa shape index (κ2) is 4.24. The number of rotatable bonds is 3. The second-order valence-electron chi connectivity index (χ2n) is 2.50. The van der Waals surface area contributed by atoms with Crippen LogP contribution in [0.1, 0.15) is 0 Å². The number of methoxy groups -OCH3 is 1. The van der Waals surface area contributed by atoms with E-state index < -0.39 is 15.0 Å². The number of nitrogens with zero attached hydrogens (tertiary/aromatic N) is 2. The minimum Gasteiger partial charge on any atom is -0.494 e. The first-order chi connectivity index (χ1) is 7.00. The van der Waals surface area contributed by atoms with E-state index in [1.165, 1.54) is 25.3 Å². The van der Waals surface area contributed by atoms with Crippen LogP contribution in [0.15, 0.2) is 33.4 Å². The largest absolute Gasteiger partial charge is 0.494 e. The van der Waals surface area contributed by atoms with Gasteiger partial charge in [-0.3, -0.25) is 4.55 Å². The minimum atomic E-state index is -4.38. The molecule has 0 aliphatic heterocycles. The van der Waals surface area contributed by atoms with Gasteiger partial charge >= 0.3 is 0 Å². The first kappa shape index (κ1) is 11.4. The summed E-state index contributed by atoms with van der Waals surface area (Å²) in [6.45, 7) is 0. The van der Waals surface area contributed by atoms with Gasteiger partial charge in [0.25, 0.3) is 10.1 Å². The molecule has 3 N–H and O–H groups in total. The van der Waals surface area contributed by atoms with E-state index in [1.54, 1.807) is 0 Å². The van der Waals surface area contributed by atoms with Crippen LogP contribution in [-0.2, 0) is 10.1 Å². The topological polar surface area (TPSA) is 114 Å². The van der Waals surface area contributed by atoms with Crippen molar-refractivity contribution >= 4 is 15.8 Å². The van der Waals surface area contributed by atoms with Crippen molar-refractivity contribution in [2.24, 2.45) is 16.2 Å². The van der Waals surface area contributed by atoms with Crippen LogP contribution in [0.2, 0.25) is 0 Å². The van der Waals surface area contributed by atoms with Gasteiger partial charge in [-0.15, -0.1) is 5.11 Å². The molecule has 8 heteroatoms. The van der Waals surface area contributed by atoms with Gasteiger partial charge in [0.2, 0.25) is 0 Å². The Hall–Kier alpha value is -1.67. The molecule has 0 aromatic heterocycles. The fourth-order valence-electron chi connectivity index (χ4n) is 1.03. The van der Waals surface area contributed by atoms with Crippen molar-refractivity contribution in [3.8, 4) is 5.75 Å². The Morgan fingerprint density at radius 1 is 1.47 bits per heavy atom. The van der Waals surface area contributed by atoms with E-state index in [-0.39, 0.29) is 11.4 Å². The Balaban J connectivity index is 3.52. The lowest BCUT2D eigenvalue weighted by Crippen LogP contribution is -1.99. The summed E-state index contributed by atoms with van der Waals surface area (Å²) < 4.78 is 35.6. The Morgan fingerprint density at radius 2 is 2.13 bits per heavy atom. The predicted molar refractivity (Wildman–Crippen MR) is 51.5 cm³/mol. The molecule has 0 saturated carbocycles. The molecule has 82 valence electrons. The van der Waals surface area contributed by atoms with E-state index in [0.717, 1.165) is 0 Å². The molecule has 0 unspecified atom stereocenters. The monoisotopic (exact) mass is 231 g/mol. The number of hydrogen-bond acceptors (Lipinski definition) is 5. The van der Waals surface area contributed by atoms with E-state index in [1.807, 2.05) is 0 Å². The zero-order valence-corrected chi connectivity index (χ0v) is 8.60. The van der Waals surface area contributed by atoms with Crippen LogP contribution in [0.4, 0.5) is 5.69 Å². The van der Waals surface area contributed by atoms with Crippen molar-refractivity contribution in [3.63, 3.8) is 0 Å². The number of ether oxygens (including phenoxy) is 1. The molecule has 0 heterocycles. The van der Waals surface area contributed by atoms with Gasteiger partial charge in [0.1, 0.15) is 10.6 Å². The van der Waals surface area contributed by atoms with Gasteiger partial charge in [0.05, 0.1) is 7.11 Å². The number of benzene rings is 1. The zero-order chi connectivity index (χ0) is 11.5.